The highest BCUT2D eigenvalue weighted by Gasteiger charge is 2.34. The van der Waals surface area contributed by atoms with Crippen molar-refractivity contribution in [2.45, 2.75) is 39.3 Å². The Kier molecular flexibility index (Phi) is 5.23. The number of aryl methyl sites for hydroxylation is 1. The molecule has 1 amide bonds. The van der Waals surface area contributed by atoms with Crippen LogP contribution in [0.25, 0.3) is 0 Å². The van der Waals surface area contributed by atoms with Gasteiger partial charge in [-0.05, 0) is 13.3 Å². The van der Waals surface area contributed by atoms with Gasteiger partial charge in [-0.25, -0.2) is 13.4 Å². The van der Waals surface area contributed by atoms with Crippen LogP contribution in [0.15, 0.2) is 12.4 Å². The number of carbonyl (C=O) groups excluding carboxylic acids is 1. The van der Waals surface area contributed by atoms with E-state index in [1.54, 1.807) is 11.1 Å². The zero-order valence-electron chi connectivity index (χ0n) is 13.4. The second-order valence-corrected chi connectivity index (χ2v) is 7.61. The van der Waals surface area contributed by atoms with Crippen LogP contribution in [-0.4, -0.2) is 65.0 Å². The number of amides is 1. The zero-order valence-corrected chi connectivity index (χ0v) is 14.2. The molecule has 1 unspecified atom stereocenters. The van der Waals surface area contributed by atoms with Crippen molar-refractivity contribution in [3.05, 3.63) is 18.2 Å². The molecular formula is C14H24N4O3S. The van der Waals surface area contributed by atoms with Crippen LogP contribution in [0.4, 0.5) is 0 Å². The van der Waals surface area contributed by atoms with Crippen molar-refractivity contribution in [3.63, 3.8) is 0 Å². The number of sulfonamides is 1. The number of carbonyl (C=O) groups is 1. The Hall–Kier alpha value is -1.41. The number of aromatic nitrogens is 2. The van der Waals surface area contributed by atoms with Crippen LogP contribution < -0.4 is 0 Å². The molecule has 22 heavy (non-hydrogen) atoms. The van der Waals surface area contributed by atoms with Crippen LogP contribution in [0.5, 0.6) is 0 Å². The summed E-state index contributed by atoms with van der Waals surface area (Å²) >= 11 is 0. The molecule has 1 aliphatic rings. The summed E-state index contributed by atoms with van der Waals surface area (Å²) in [7, 11) is -3.31. The van der Waals surface area contributed by atoms with Gasteiger partial charge in [0.1, 0.15) is 5.82 Å². The molecule has 0 saturated carbocycles. The molecule has 1 aromatic rings. The molecule has 8 heteroatoms. The van der Waals surface area contributed by atoms with E-state index in [9.17, 15) is 13.2 Å². The fraction of sp³-hybridized carbons (Fsp3) is 0.714. The zero-order chi connectivity index (χ0) is 16.3. The monoisotopic (exact) mass is 328 g/mol. The van der Waals surface area contributed by atoms with Crippen molar-refractivity contribution in [1.82, 2.24) is 18.8 Å². The highest BCUT2D eigenvalue weighted by atomic mass is 32.2. The lowest BCUT2D eigenvalue weighted by Crippen LogP contribution is -2.43. The van der Waals surface area contributed by atoms with Gasteiger partial charge in [0, 0.05) is 51.0 Å². The third-order valence-electron chi connectivity index (χ3n) is 4.14. The molecule has 2 rings (SSSR count). The van der Waals surface area contributed by atoms with E-state index in [-0.39, 0.29) is 11.9 Å². The minimum Gasteiger partial charge on any atom is -0.341 e. The average molecular weight is 328 g/mol. The van der Waals surface area contributed by atoms with Gasteiger partial charge in [0.05, 0.1) is 6.26 Å². The molecule has 1 saturated heterocycles. The van der Waals surface area contributed by atoms with Crippen LogP contribution in [-0.2, 0) is 21.4 Å². The van der Waals surface area contributed by atoms with Crippen molar-refractivity contribution in [3.8, 4) is 0 Å². The standard InChI is InChI=1S/C14H24N4O3S/c1-4-14(19)17-7-5-13(11-17)18(22(3,20)21)10-9-16-8-6-15-12(16)2/h6,8,13H,4-5,7,9-11H2,1-3H3. The van der Waals surface area contributed by atoms with E-state index in [1.165, 1.54) is 10.6 Å². The number of nitrogens with zero attached hydrogens (tertiary/aromatic N) is 4. The third kappa shape index (κ3) is 3.86. The van der Waals surface area contributed by atoms with Gasteiger partial charge in [0.15, 0.2) is 0 Å². The Balaban J connectivity index is 2.05. The normalized spacial score (nSPS) is 19.1. The summed E-state index contributed by atoms with van der Waals surface area (Å²) in [6, 6.07) is -0.130. The molecule has 0 spiro atoms. The van der Waals surface area contributed by atoms with Crippen molar-refractivity contribution in [2.24, 2.45) is 0 Å². The minimum absolute atomic E-state index is 0.0846. The molecule has 0 aliphatic carbocycles. The van der Waals surface area contributed by atoms with E-state index >= 15 is 0 Å². The first-order chi connectivity index (χ1) is 10.3. The van der Waals surface area contributed by atoms with Crippen molar-refractivity contribution in [2.75, 3.05) is 25.9 Å². The lowest BCUT2D eigenvalue weighted by atomic mass is 10.2. The maximum absolute atomic E-state index is 12.1. The predicted octanol–water partition coefficient (Wildman–Crippen LogP) is 0.464. The largest absolute Gasteiger partial charge is 0.341 e. The summed E-state index contributed by atoms with van der Waals surface area (Å²) in [6.07, 6.45) is 5.94. The molecule has 2 heterocycles. The van der Waals surface area contributed by atoms with Gasteiger partial charge in [-0.2, -0.15) is 4.31 Å². The van der Waals surface area contributed by atoms with Crippen LogP contribution in [0.3, 0.4) is 0 Å². The molecular weight excluding hydrogens is 304 g/mol. The molecule has 7 nitrogen and oxygen atoms in total. The fourth-order valence-electron chi connectivity index (χ4n) is 2.89. The molecule has 1 fully saturated rings. The lowest BCUT2D eigenvalue weighted by Gasteiger charge is -2.27. The Morgan fingerprint density at radius 1 is 1.50 bits per heavy atom. The van der Waals surface area contributed by atoms with E-state index in [1.807, 2.05) is 24.6 Å². The van der Waals surface area contributed by atoms with Gasteiger partial charge >= 0.3 is 0 Å². The van der Waals surface area contributed by atoms with E-state index in [4.69, 9.17) is 0 Å². The molecule has 1 aliphatic heterocycles. The summed E-state index contributed by atoms with van der Waals surface area (Å²) in [5, 5.41) is 0. The summed E-state index contributed by atoms with van der Waals surface area (Å²) in [4.78, 5) is 17.7. The Labute approximate surface area is 132 Å². The topological polar surface area (TPSA) is 75.5 Å². The summed E-state index contributed by atoms with van der Waals surface area (Å²) in [5.41, 5.74) is 0. The maximum Gasteiger partial charge on any atom is 0.222 e. The molecule has 1 aromatic heterocycles. The number of imidazole rings is 1. The third-order valence-corrected chi connectivity index (χ3v) is 5.47. The Morgan fingerprint density at radius 3 is 2.77 bits per heavy atom. The maximum atomic E-state index is 12.1. The number of rotatable bonds is 6. The van der Waals surface area contributed by atoms with Gasteiger partial charge in [0.25, 0.3) is 0 Å². The van der Waals surface area contributed by atoms with Gasteiger partial charge in [-0.15, -0.1) is 0 Å². The van der Waals surface area contributed by atoms with E-state index < -0.39 is 10.0 Å². The summed E-state index contributed by atoms with van der Waals surface area (Å²) in [6.45, 7) is 5.80. The predicted molar refractivity (Wildman–Crippen MR) is 83.8 cm³/mol. The van der Waals surface area contributed by atoms with Crippen molar-refractivity contribution >= 4 is 15.9 Å². The first kappa shape index (κ1) is 17.0. The fourth-order valence-corrected chi connectivity index (χ4v) is 4.02. The van der Waals surface area contributed by atoms with Crippen molar-refractivity contribution < 1.29 is 13.2 Å². The number of hydrogen-bond acceptors (Lipinski definition) is 4. The summed E-state index contributed by atoms with van der Waals surface area (Å²) < 4.78 is 27.7. The van der Waals surface area contributed by atoms with E-state index in [0.717, 1.165) is 5.82 Å². The minimum atomic E-state index is -3.31. The molecule has 0 aromatic carbocycles. The quantitative estimate of drug-likeness (QED) is 0.760. The lowest BCUT2D eigenvalue weighted by molar-refractivity contribution is -0.129. The van der Waals surface area contributed by atoms with Crippen molar-refractivity contribution in [1.29, 1.82) is 0 Å². The second kappa shape index (κ2) is 6.78. The highest BCUT2D eigenvalue weighted by Crippen LogP contribution is 2.19. The summed E-state index contributed by atoms with van der Waals surface area (Å²) in [5.74, 6) is 0.948. The second-order valence-electron chi connectivity index (χ2n) is 5.68. The Bertz CT molecular complexity index is 626. The van der Waals surface area contributed by atoms with Crippen LogP contribution in [0.1, 0.15) is 25.6 Å². The van der Waals surface area contributed by atoms with Gasteiger partial charge in [0.2, 0.25) is 15.9 Å². The van der Waals surface area contributed by atoms with Crippen LogP contribution in [0.2, 0.25) is 0 Å². The van der Waals surface area contributed by atoms with E-state index in [2.05, 4.69) is 4.98 Å². The highest BCUT2D eigenvalue weighted by molar-refractivity contribution is 7.88. The first-order valence-corrected chi connectivity index (χ1v) is 9.40. The number of likely N-dealkylation sites (tertiary alicyclic amines) is 1. The van der Waals surface area contributed by atoms with E-state index in [0.29, 0.717) is 39.0 Å². The molecule has 0 N–H and O–H groups in total. The Morgan fingerprint density at radius 2 is 2.23 bits per heavy atom. The average Bonchev–Trinajstić information content (AvgIpc) is 3.07. The SMILES string of the molecule is CCC(=O)N1CCC(N(CCn2ccnc2C)S(C)(=O)=O)C1. The van der Waals surface area contributed by atoms with Gasteiger partial charge in [-0.1, -0.05) is 6.92 Å². The smallest absolute Gasteiger partial charge is 0.222 e. The van der Waals surface area contributed by atoms with Gasteiger partial charge < -0.3 is 9.47 Å². The molecule has 124 valence electrons. The molecule has 0 bridgehead atoms. The molecule has 0 radical (unpaired) electrons. The van der Waals surface area contributed by atoms with Crippen LogP contribution in [0, 0.1) is 6.92 Å². The molecule has 1 atom stereocenters. The van der Waals surface area contributed by atoms with Crippen LogP contribution >= 0.6 is 0 Å². The number of hydrogen-bond donors (Lipinski definition) is 0. The van der Waals surface area contributed by atoms with Gasteiger partial charge in [-0.3, -0.25) is 4.79 Å². The first-order valence-electron chi connectivity index (χ1n) is 7.55.